The molecular weight excluding hydrogens is 384 g/mol. The first-order valence-electron chi connectivity index (χ1n) is 11.2. The Kier molecular flexibility index (Phi) is 20.8. The maximum Gasteiger partial charge on any atom is 0.255 e. The van der Waals surface area contributed by atoms with Crippen molar-refractivity contribution in [1.82, 2.24) is 9.97 Å². The van der Waals surface area contributed by atoms with Crippen molar-refractivity contribution in [3.63, 3.8) is 0 Å². The lowest BCUT2D eigenvalue weighted by molar-refractivity contribution is 0.102. The van der Waals surface area contributed by atoms with E-state index in [9.17, 15) is 4.79 Å². The van der Waals surface area contributed by atoms with Gasteiger partial charge in [-0.15, -0.1) is 0 Å². The standard InChI is InChI=1S/C17H14N4O.C3H8.3C2H6/c22-16(13-6-2-1-3-7-13)20-14-8-4-9-15(12-14)21-17-18-10-5-11-19-17;1-3-2;3*1-2/h1-12H,(H,20,22)(H,18,19,21);3H2,1-2H3;3*1-2H3. The summed E-state index contributed by atoms with van der Waals surface area (Å²) in [7, 11) is 0. The summed E-state index contributed by atoms with van der Waals surface area (Å²) in [5, 5.41) is 5.95. The van der Waals surface area contributed by atoms with Crippen LogP contribution in [0.1, 0.15) is 72.2 Å². The van der Waals surface area contributed by atoms with Crippen molar-refractivity contribution in [3.05, 3.63) is 78.6 Å². The van der Waals surface area contributed by atoms with Crippen LogP contribution in [0.2, 0.25) is 0 Å². The van der Waals surface area contributed by atoms with Gasteiger partial charge < -0.3 is 10.6 Å². The summed E-state index contributed by atoms with van der Waals surface area (Å²) >= 11 is 0. The maximum absolute atomic E-state index is 12.1. The number of amides is 1. The lowest BCUT2D eigenvalue weighted by Gasteiger charge is -2.08. The molecule has 0 saturated carbocycles. The van der Waals surface area contributed by atoms with Crippen LogP contribution in [0.3, 0.4) is 0 Å². The Morgan fingerprint density at radius 1 is 0.742 bits per heavy atom. The van der Waals surface area contributed by atoms with Gasteiger partial charge in [0.05, 0.1) is 0 Å². The number of nitrogens with zero attached hydrogens (tertiary/aromatic N) is 2. The number of aromatic nitrogens is 2. The van der Waals surface area contributed by atoms with Crippen LogP contribution in [0.15, 0.2) is 73.1 Å². The second-order valence-electron chi connectivity index (χ2n) is 5.31. The highest BCUT2D eigenvalue weighted by Crippen LogP contribution is 2.18. The average Bonchev–Trinajstić information content (AvgIpc) is 2.85. The first-order chi connectivity index (χ1) is 15.2. The van der Waals surface area contributed by atoms with E-state index in [0.29, 0.717) is 17.2 Å². The van der Waals surface area contributed by atoms with E-state index < -0.39 is 0 Å². The second kappa shape index (κ2) is 21.5. The minimum Gasteiger partial charge on any atom is -0.324 e. The van der Waals surface area contributed by atoms with E-state index in [2.05, 4.69) is 34.4 Å². The Balaban J connectivity index is 0. The molecule has 0 aliphatic carbocycles. The minimum atomic E-state index is -0.145. The summed E-state index contributed by atoms with van der Waals surface area (Å²) in [6.45, 7) is 16.2. The monoisotopic (exact) mass is 424 g/mol. The first kappa shape index (κ1) is 30.0. The lowest BCUT2D eigenvalue weighted by Crippen LogP contribution is -2.11. The molecule has 0 bridgehead atoms. The van der Waals surface area contributed by atoms with E-state index in [-0.39, 0.29) is 5.91 Å². The average molecular weight is 425 g/mol. The van der Waals surface area contributed by atoms with E-state index in [1.54, 1.807) is 30.6 Å². The molecule has 31 heavy (non-hydrogen) atoms. The molecule has 170 valence electrons. The molecule has 5 heteroatoms. The van der Waals surface area contributed by atoms with Gasteiger partial charge >= 0.3 is 0 Å². The fourth-order valence-electron chi connectivity index (χ4n) is 1.96. The van der Waals surface area contributed by atoms with Gasteiger partial charge in [0, 0.05) is 29.3 Å². The molecule has 0 saturated heterocycles. The third kappa shape index (κ3) is 13.6. The summed E-state index contributed by atoms with van der Waals surface area (Å²) in [5.41, 5.74) is 2.12. The van der Waals surface area contributed by atoms with E-state index in [1.807, 2.05) is 84.0 Å². The molecule has 0 aliphatic rings. The molecule has 0 atom stereocenters. The summed E-state index contributed by atoms with van der Waals surface area (Å²) in [6.07, 6.45) is 4.58. The molecule has 1 heterocycles. The Hall–Kier alpha value is -3.21. The fourth-order valence-corrected chi connectivity index (χ4v) is 1.96. The van der Waals surface area contributed by atoms with Gasteiger partial charge in [-0.2, -0.15) is 0 Å². The van der Waals surface area contributed by atoms with E-state index >= 15 is 0 Å². The third-order valence-electron chi connectivity index (χ3n) is 2.98. The van der Waals surface area contributed by atoms with Crippen LogP contribution in [0, 0.1) is 0 Å². The Morgan fingerprint density at radius 3 is 1.81 bits per heavy atom. The van der Waals surface area contributed by atoms with Gasteiger partial charge in [0.25, 0.3) is 5.91 Å². The number of nitrogens with one attached hydrogen (secondary N) is 2. The van der Waals surface area contributed by atoms with Crippen molar-refractivity contribution in [2.45, 2.75) is 61.8 Å². The third-order valence-corrected chi connectivity index (χ3v) is 2.98. The van der Waals surface area contributed by atoms with E-state index in [0.717, 1.165) is 5.69 Å². The summed E-state index contributed by atoms with van der Waals surface area (Å²) in [4.78, 5) is 20.3. The van der Waals surface area contributed by atoms with Crippen LogP contribution >= 0.6 is 0 Å². The molecule has 0 aliphatic heterocycles. The Labute approximate surface area is 189 Å². The highest BCUT2D eigenvalue weighted by molar-refractivity contribution is 6.04. The van der Waals surface area contributed by atoms with Crippen LogP contribution in [-0.4, -0.2) is 15.9 Å². The van der Waals surface area contributed by atoms with Crippen LogP contribution in [-0.2, 0) is 0 Å². The topological polar surface area (TPSA) is 66.9 Å². The van der Waals surface area contributed by atoms with Crippen LogP contribution < -0.4 is 10.6 Å². The van der Waals surface area contributed by atoms with E-state index in [4.69, 9.17) is 0 Å². The van der Waals surface area contributed by atoms with E-state index in [1.165, 1.54) is 6.42 Å². The number of hydrogen-bond donors (Lipinski definition) is 2. The molecule has 0 spiro atoms. The molecule has 3 rings (SSSR count). The molecule has 1 aromatic heterocycles. The van der Waals surface area contributed by atoms with Gasteiger partial charge in [0.1, 0.15) is 0 Å². The Morgan fingerprint density at radius 2 is 1.26 bits per heavy atom. The zero-order chi connectivity index (χ0) is 23.9. The van der Waals surface area contributed by atoms with Crippen molar-refractivity contribution in [2.24, 2.45) is 0 Å². The SMILES string of the molecule is CC.CC.CC.CCC.O=C(Nc1cccc(Nc2ncccn2)c1)c1ccccc1. The van der Waals surface area contributed by atoms with Crippen molar-refractivity contribution in [2.75, 3.05) is 10.6 Å². The van der Waals surface area contributed by atoms with Crippen molar-refractivity contribution < 1.29 is 4.79 Å². The minimum absolute atomic E-state index is 0.145. The summed E-state index contributed by atoms with van der Waals surface area (Å²) < 4.78 is 0. The summed E-state index contributed by atoms with van der Waals surface area (Å²) in [6, 6.07) is 18.2. The molecule has 2 aromatic carbocycles. The fraction of sp³-hybridized carbons (Fsp3) is 0.346. The number of benzene rings is 2. The zero-order valence-electron chi connectivity index (χ0n) is 20.4. The van der Waals surface area contributed by atoms with Crippen molar-refractivity contribution in [1.29, 1.82) is 0 Å². The first-order valence-corrected chi connectivity index (χ1v) is 11.2. The number of carbonyl (C=O) groups excluding carboxylic acids is 1. The van der Waals surface area contributed by atoms with Gasteiger partial charge in [-0.25, -0.2) is 9.97 Å². The van der Waals surface area contributed by atoms with Crippen LogP contribution in [0.25, 0.3) is 0 Å². The quantitative estimate of drug-likeness (QED) is 0.445. The number of hydrogen-bond acceptors (Lipinski definition) is 4. The predicted octanol–water partition coefficient (Wildman–Crippen LogP) is 7.97. The zero-order valence-corrected chi connectivity index (χ0v) is 20.4. The Bertz CT molecular complexity index is 778. The van der Waals surface area contributed by atoms with Gasteiger partial charge in [-0.1, -0.05) is 86.1 Å². The van der Waals surface area contributed by atoms with Crippen molar-refractivity contribution in [3.8, 4) is 0 Å². The lowest BCUT2D eigenvalue weighted by atomic mass is 10.2. The highest BCUT2D eigenvalue weighted by atomic mass is 16.1. The largest absolute Gasteiger partial charge is 0.324 e. The molecule has 3 aromatic rings. The number of anilines is 3. The molecule has 5 nitrogen and oxygen atoms in total. The molecule has 0 fully saturated rings. The van der Waals surface area contributed by atoms with Gasteiger partial charge in [0.2, 0.25) is 5.95 Å². The molecule has 1 amide bonds. The van der Waals surface area contributed by atoms with Crippen LogP contribution in [0.4, 0.5) is 17.3 Å². The smallest absolute Gasteiger partial charge is 0.255 e. The molecule has 0 radical (unpaired) electrons. The van der Waals surface area contributed by atoms with Crippen molar-refractivity contribution >= 4 is 23.2 Å². The molecular formula is C26H40N4O. The van der Waals surface area contributed by atoms with Gasteiger partial charge in [0.15, 0.2) is 0 Å². The summed E-state index contributed by atoms with van der Waals surface area (Å²) in [5.74, 6) is 0.364. The predicted molar refractivity (Wildman–Crippen MR) is 136 cm³/mol. The van der Waals surface area contributed by atoms with Gasteiger partial charge in [-0.3, -0.25) is 4.79 Å². The molecule has 2 N–H and O–H groups in total. The highest BCUT2D eigenvalue weighted by Gasteiger charge is 2.05. The maximum atomic E-state index is 12.1. The number of carbonyl (C=O) groups is 1. The van der Waals surface area contributed by atoms with Crippen LogP contribution in [0.5, 0.6) is 0 Å². The normalized spacial score (nSPS) is 8.26. The number of rotatable bonds is 4. The second-order valence-corrected chi connectivity index (χ2v) is 5.31. The molecule has 0 unspecified atom stereocenters. The van der Waals surface area contributed by atoms with Gasteiger partial charge in [-0.05, 0) is 36.4 Å².